The van der Waals surface area contributed by atoms with Crippen molar-refractivity contribution in [3.63, 3.8) is 0 Å². The predicted molar refractivity (Wildman–Crippen MR) is 67.9 cm³/mol. The maximum absolute atomic E-state index is 11.8. The molecule has 9 heteroatoms. The van der Waals surface area contributed by atoms with Crippen molar-refractivity contribution in [2.75, 3.05) is 12.9 Å². The van der Waals surface area contributed by atoms with Gasteiger partial charge in [-0.1, -0.05) is 13.8 Å². The smallest absolute Gasteiger partial charge is 0.328 e. The number of aliphatic hydroxyl groups excluding tert-OH is 1. The highest BCUT2D eigenvalue weighted by Crippen LogP contribution is 2.06. The standard InChI is InChI=1S/C10H20N2O6S/c1-6(2)4-7(12-19(3,17)18)9(14)11-8(5-13)10(15)16/h6-8,12-13H,4-5H2,1-3H3,(H,11,14)(H,15,16)/t7?,8-/m1/s1. The Morgan fingerprint density at radius 1 is 1.21 bits per heavy atom. The molecule has 0 aliphatic heterocycles. The van der Waals surface area contributed by atoms with E-state index in [1.165, 1.54) is 0 Å². The van der Waals surface area contributed by atoms with Crippen LogP contribution >= 0.6 is 0 Å². The van der Waals surface area contributed by atoms with Crippen LogP contribution in [0, 0.1) is 5.92 Å². The maximum Gasteiger partial charge on any atom is 0.328 e. The van der Waals surface area contributed by atoms with Crippen LogP contribution in [0.2, 0.25) is 0 Å². The van der Waals surface area contributed by atoms with Gasteiger partial charge in [0.15, 0.2) is 0 Å². The van der Waals surface area contributed by atoms with E-state index in [-0.39, 0.29) is 12.3 Å². The van der Waals surface area contributed by atoms with Crippen LogP contribution in [0.3, 0.4) is 0 Å². The number of nitrogens with one attached hydrogen (secondary N) is 2. The summed E-state index contributed by atoms with van der Waals surface area (Å²) in [5.74, 6) is -2.14. The van der Waals surface area contributed by atoms with Crippen LogP contribution in [0.15, 0.2) is 0 Å². The molecule has 2 atom stereocenters. The van der Waals surface area contributed by atoms with Gasteiger partial charge in [0.05, 0.1) is 12.9 Å². The summed E-state index contributed by atoms with van der Waals surface area (Å²) in [6, 6.07) is -2.52. The van der Waals surface area contributed by atoms with Crippen LogP contribution in [0.5, 0.6) is 0 Å². The molecule has 0 aliphatic rings. The minimum Gasteiger partial charge on any atom is -0.480 e. The Bertz CT molecular complexity index is 420. The minimum absolute atomic E-state index is 0.0300. The first-order valence-electron chi connectivity index (χ1n) is 5.68. The third-order valence-electron chi connectivity index (χ3n) is 2.18. The van der Waals surface area contributed by atoms with Crippen molar-refractivity contribution in [1.82, 2.24) is 10.0 Å². The molecule has 0 bridgehead atoms. The van der Waals surface area contributed by atoms with E-state index in [1.807, 2.05) is 0 Å². The molecule has 0 aromatic heterocycles. The fraction of sp³-hybridized carbons (Fsp3) is 0.800. The zero-order chi connectivity index (χ0) is 15.2. The number of hydrogen-bond acceptors (Lipinski definition) is 5. The molecule has 0 aromatic rings. The lowest BCUT2D eigenvalue weighted by molar-refractivity contribution is -0.143. The summed E-state index contributed by atoms with van der Waals surface area (Å²) in [7, 11) is -3.60. The first-order chi connectivity index (χ1) is 8.56. The third kappa shape index (κ3) is 7.75. The SMILES string of the molecule is CC(C)CC(NS(C)(=O)=O)C(=O)N[C@H](CO)C(=O)O. The Morgan fingerprint density at radius 3 is 2.05 bits per heavy atom. The van der Waals surface area contributed by atoms with Crippen LogP contribution in [0.4, 0.5) is 0 Å². The van der Waals surface area contributed by atoms with Gasteiger partial charge in [0.2, 0.25) is 15.9 Å². The van der Waals surface area contributed by atoms with Crippen LogP contribution in [0.1, 0.15) is 20.3 Å². The zero-order valence-electron chi connectivity index (χ0n) is 11.1. The Labute approximate surface area is 112 Å². The van der Waals surface area contributed by atoms with E-state index < -0.39 is 40.6 Å². The average Bonchev–Trinajstić information content (AvgIpc) is 2.21. The highest BCUT2D eigenvalue weighted by molar-refractivity contribution is 7.88. The summed E-state index contributed by atoms with van der Waals surface area (Å²) in [5.41, 5.74) is 0. The van der Waals surface area contributed by atoms with Crippen LogP contribution in [0.25, 0.3) is 0 Å². The topological polar surface area (TPSA) is 133 Å². The number of sulfonamides is 1. The van der Waals surface area contributed by atoms with Crippen LogP contribution in [-0.2, 0) is 19.6 Å². The number of aliphatic carboxylic acids is 1. The van der Waals surface area contributed by atoms with Crippen molar-refractivity contribution in [1.29, 1.82) is 0 Å². The molecule has 0 aliphatic carbocycles. The van der Waals surface area contributed by atoms with E-state index in [9.17, 15) is 18.0 Å². The van der Waals surface area contributed by atoms with E-state index in [1.54, 1.807) is 13.8 Å². The van der Waals surface area contributed by atoms with Gasteiger partial charge in [-0.2, -0.15) is 0 Å². The number of rotatable bonds is 8. The van der Waals surface area contributed by atoms with Crippen molar-refractivity contribution in [2.24, 2.45) is 5.92 Å². The number of hydrogen-bond donors (Lipinski definition) is 4. The molecular weight excluding hydrogens is 276 g/mol. The molecular formula is C10H20N2O6S. The van der Waals surface area contributed by atoms with E-state index in [2.05, 4.69) is 10.0 Å². The largest absolute Gasteiger partial charge is 0.480 e. The molecule has 0 aromatic carbocycles. The fourth-order valence-electron chi connectivity index (χ4n) is 1.40. The normalized spacial score (nSPS) is 15.0. The fourth-order valence-corrected chi connectivity index (χ4v) is 2.12. The van der Waals surface area contributed by atoms with Gasteiger partial charge >= 0.3 is 5.97 Å². The van der Waals surface area contributed by atoms with E-state index in [4.69, 9.17) is 10.2 Å². The molecule has 1 amide bonds. The van der Waals surface area contributed by atoms with Gasteiger partial charge in [0, 0.05) is 0 Å². The third-order valence-corrected chi connectivity index (χ3v) is 2.89. The van der Waals surface area contributed by atoms with Crippen molar-refractivity contribution in [3.8, 4) is 0 Å². The van der Waals surface area contributed by atoms with E-state index in [0.29, 0.717) is 0 Å². The van der Waals surface area contributed by atoms with Gasteiger partial charge in [0.1, 0.15) is 12.1 Å². The van der Waals surface area contributed by atoms with Gasteiger partial charge in [-0.3, -0.25) is 4.79 Å². The molecule has 19 heavy (non-hydrogen) atoms. The van der Waals surface area contributed by atoms with Gasteiger partial charge in [-0.25, -0.2) is 17.9 Å². The van der Waals surface area contributed by atoms with E-state index >= 15 is 0 Å². The summed E-state index contributed by atoms with van der Waals surface area (Å²) in [6.07, 6.45) is 1.13. The second kappa shape index (κ2) is 7.41. The molecule has 0 saturated heterocycles. The van der Waals surface area contributed by atoms with E-state index in [0.717, 1.165) is 6.26 Å². The minimum atomic E-state index is -3.60. The highest BCUT2D eigenvalue weighted by Gasteiger charge is 2.27. The van der Waals surface area contributed by atoms with Gasteiger partial charge in [-0.15, -0.1) is 0 Å². The molecule has 1 unspecified atom stereocenters. The van der Waals surface area contributed by atoms with Crippen molar-refractivity contribution in [3.05, 3.63) is 0 Å². The Morgan fingerprint density at radius 2 is 1.74 bits per heavy atom. The highest BCUT2D eigenvalue weighted by atomic mass is 32.2. The number of amides is 1. The summed E-state index contributed by atoms with van der Waals surface area (Å²) in [6.45, 7) is 2.82. The summed E-state index contributed by atoms with van der Waals surface area (Å²) >= 11 is 0. The lowest BCUT2D eigenvalue weighted by atomic mass is 10.0. The number of carboxylic acids is 1. The molecule has 0 rings (SSSR count). The average molecular weight is 296 g/mol. The van der Waals surface area contributed by atoms with Gasteiger partial charge < -0.3 is 15.5 Å². The lowest BCUT2D eigenvalue weighted by Crippen LogP contribution is -2.52. The maximum atomic E-state index is 11.8. The Kier molecular flexibility index (Phi) is 6.95. The predicted octanol–water partition coefficient (Wildman–Crippen LogP) is -1.49. The quantitative estimate of drug-likeness (QED) is 0.431. The van der Waals surface area contributed by atoms with Crippen LogP contribution < -0.4 is 10.0 Å². The van der Waals surface area contributed by atoms with Crippen LogP contribution in [-0.4, -0.2) is 55.5 Å². The number of carboxylic acid groups (broad SMARTS) is 1. The summed E-state index contributed by atoms with van der Waals surface area (Å²) in [4.78, 5) is 22.5. The number of aliphatic hydroxyl groups is 1. The molecule has 0 fully saturated rings. The molecule has 0 saturated carbocycles. The first-order valence-corrected chi connectivity index (χ1v) is 7.57. The van der Waals surface area contributed by atoms with Crippen molar-refractivity contribution >= 4 is 21.9 Å². The molecule has 0 radical (unpaired) electrons. The monoisotopic (exact) mass is 296 g/mol. The summed E-state index contributed by atoms with van der Waals surface area (Å²) in [5, 5.41) is 19.6. The molecule has 4 N–H and O–H groups in total. The zero-order valence-corrected chi connectivity index (χ0v) is 11.9. The lowest BCUT2D eigenvalue weighted by Gasteiger charge is -2.21. The molecule has 0 heterocycles. The number of carbonyl (C=O) groups is 2. The van der Waals surface area contributed by atoms with Crippen molar-refractivity contribution in [2.45, 2.75) is 32.4 Å². The second-order valence-electron chi connectivity index (χ2n) is 4.65. The molecule has 8 nitrogen and oxygen atoms in total. The van der Waals surface area contributed by atoms with Gasteiger partial charge in [-0.05, 0) is 12.3 Å². The molecule has 112 valence electrons. The van der Waals surface area contributed by atoms with Gasteiger partial charge in [0.25, 0.3) is 0 Å². The Hall–Kier alpha value is -1.19. The van der Waals surface area contributed by atoms with Crippen molar-refractivity contribution < 1.29 is 28.2 Å². The molecule has 0 spiro atoms. The first kappa shape index (κ1) is 17.8. The summed E-state index contributed by atoms with van der Waals surface area (Å²) < 4.78 is 24.5. The number of carbonyl (C=O) groups excluding carboxylic acids is 1. The Balaban J connectivity index is 4.85. The second-order valence-corrected chi connectivity index (χ2v) is 6.43.